The first-order chi connectivity index (χ1) is 13.1. The van der Waals surface area contributed by atoms with E-state index in [9.17, 15) is 9.59 Å². The van der Waals surface area contributed by atoms with Crippen molar-refractivity contribution in [3.05, 3.63) is 66.5 Å². The Balaban J connectivity index is 1.40. The number of rotatable bonds is 8. The second-order valence-corrected chi connectivity index (χ2v) is 6.51. The highest BCUT2D eigenvalue weighted by molar-refractivity contribution is 5.81. The third-order valence-electron chi connectivity index (χ3n) is 4.31. The van der Waals surface area contributed by atoms with Crippen molar-refractivity contribution < 1.29 is 14.3 Å². The van der Waals surface area contributed by atoms with E-state index in [0.29, 0.717) is 0 Å². The van der Waals surface area contributed by atoms with Crippen LogP contribution in [0.1, 0.15) is 18.9 Å². The largest absolute Gasteiger partial charge is 0.454 e. The Morgan fingerprint density at radius 3 is 2.67 bits per heavy atom. The Morgan fingerprint density at radius 2 is 1.85 bits per heavy atom. The molecule has 0 saturated carbocycles. The standard InChI is InChI=1S/C21H23N3O3/c1-16(11-12-17-7-3-2-4-8-17)23-20(25)14-27-21(26)13-24-15-22-18-9-5-6-10-19(18)24/h2-10,15-16H,11-14H2,1H3,(H,23,25)/t16-/m0/s1. The first-order valence-corrected chi connectivity index (χ1v) is 9.00. The second-order valence-electron chi connectivity index (χ2n) is 6.51. The molecule has 27 heavy (non-hydrogen) atoms. The minimum absolute atomic E-state index is 0.00833. The number of hydrogen-bond acceptors (Lipinski definition) is 4. The van der Waals surface area contributed by atoms with E-state index in [1.165, 1.54) is 5.56 Å². The number of carbonyl (C=O) groups excluding carboxylic acids is 2. The Kier molecular flexibility index (Phi) is 6.20. The highest BCUT2D eigenvalue weighted by Gasteiger charge is 2.12. The van der Waals surface area contributed by atoms with E-state index < -0.39 is 5.97 Å². The summed E-state index contributed by atoms with van der Waals surface area (Å²) in [6.07, 6.45) is 3.30. The molecule has 1 aromatic heterocycles. The van der Waals surface area contributed by atoms with Crippen LogP contribution in [0.4, 0.5) is 0 Å². The number of ether oxygens (including phenoxy) is 1. The Labute approximate surface area is 158 Å². The zero-order valence-electron chi connectivity index (χ0n) is 15.3. The van der Waals surface area contributed by atoms with Crippen LogP contribution in [0.25, 0.3) is 11.0 Å². The molecule has 0 bridgehead atoms. The lowest BCUT2D eigenvalue weighted by Gasteiger charge is -2.14. The van der Waals surface area contributed by atoms with Crippen LogP contribution in [0, 0.1) is 0 Å². The highest BCUT2D eigenvalue weighted by atomic mass is 16.5. The molecule has 0 fully saturated rings. The number of amides is 1. The molecule has 140 valence electrons. The SMILES string of the molecule is C[C@@H](CCc1ccccc1)NC(=O)COC(=O)Cn1cnc2ccccc21. The molecule has 0 spiro atoms. The average Bonchev–Trinajstić information content (AvgIpc) is 3.08. The van der Waals surface area contributed by atoms with E-state index in [-0.39, 0.29) is 25.1 Å². The molecule has 2 aromatic carbocycles. The summed E-state index contributed by atoms with van der Waals surface area (Å²) in [5.74, 6) is -0.760. The van der Waals surface area contributed by atoms with Crippen LogP contribution in [-0.2, 0) is 27.3 Å². The molecule has 0 radical (unpaired) electrons. The van der Waals surface area contributed by atoms with Gasteiger partial charge in [-0.15, -0.1) is 0 Å². The molecule has 3 rings (SSSR count). The minimum Gasteiger partial charge on any atom is -0.454 e. The molecule has 6 nitrogen and oxygen atoms in total. The van der Waals surface area contributed by atoms with Gasteiger partial charge in [-0.1, -0.05) is 42.5 Å². The molecule has 0 saturated heterocycles. The summed E-state index contributed by atoms with van der Waals surface area (Å²) in [6.45, 7) is 1.69. The van der Waals surface area contributed by atoms with Gasteiger partial charge in [-0.25, -0.2) is 4.98 Å². The van der Waals surface area contributed by atoms with Crippen LogP contribution in [0.5, 0.6) is 0 Å². The number of para-hydroxylation sites is 2. The monoisotopic (exact) mass is 365 g/mol. The third-order valence-corrected chi connectivity index (χ3v) is 4.31. The number of fused-ring (bicyclic) bond motifs is 1. The summed E-state index contributed by atoms with van der Waals surface area (Å²) in [6, 6.07) is 17.7. The van der Waals surface area contributed by atoms with Crippen LogP contribution < -0.4 is 5.32 Å². The Hall–Kier alpha value is -3.15. The van der Waals surface area contributed by atoms with Crippen LogP contribution >= 0.6 is 0 Å². The van der Waals surface area contributed by atoms with E-state index in [1.54, 1.807) is 10.9 Å². The predicted octanol–water partition coefficient (Wildman–Crippen LogP) is 2.72. The molecule has 1 N–H and O–H groups in total. The van der Waals surface area contributed by atoms with Crippen molar-refractivity contribution in [1.82, 2.24) is 14.9 Å². The topological polar surface area (TPSA) is 73.2 Å². The predicted molar refractivity (Wildman–Crippen MR) is 103 cm³/mol. The van der Waals surface area contributed by atoms with E-state index in [4.69, 9.17) is 4.74 Å². The fraction of sp³-hybridized carbons (Fsp3) is 0.286. The first kappa shape index (κ1) is 18.6. The van der Waals surface area contributed by atoms with Gasteiger partial charge in [-0.2, -0.15) is 0 Å². The number of nitrogens with zero attached hydrogens (tertiary/aromatic N) is 2. The van der Waals surface area contributed by atoms with Crippen LogP contribution in [0.3, 0.4) is 0 Å². The summed E-state index contributed by atoms with van der Waals surface area (Å²) < 4.78 is 6.80. The lowest BCUT2D eigenvalue weighted by Crippen LogP contribution is -2.36. The van der Waals surface area contributed by atoms with Gasteiger partial charge in [0.15, 0.2) is 6.61 Å². The van der Waals surface area contributed by atoms with Gasteiger partial charge < -0.3 is 14.6 Å². The Bertz CT molecular complexity index is 905. The van der Waals surface area contributed by atoms with E-state index in [0.717, 1.165) is 23.9 Å². The zero-order valence-corrected chi connectivity index (χ0v) is 15.3. The maximum absolute atomic E-state index is 12.0. The summed E-state index contributed by atoms with van der Waals surface area (Å²) >= 11 is 0. The number of imidazole rings is 1. The molecule has 1 heterocycles. The zero-order chi connectivity index (χ0) is 19.1. The van der Waals surface area contributed by atoms with Gasteiger partial charge in [-0.3, -0.25) is 9.59 Å². The number of hydrogen-bond donors (Lipinski definition) is 1. The van der Waals surface area contributed by atoms with Gasteiger partial charge in [0.1, 0.15) is 6.54 Å². The number of carbonyl (C=O) groups is 2. The van der Waals surface area contributed by atoms with Crippen LogP contribution in [0.15, 0.2) is 60.9 Å². The van der Waals surface area contributed by atoms with Crippen LogP contribution in [0.2, 0.25) is 0 Å². The van der Waals surface area contributed by atoms with Crippen molar-refractivity contribution >= 4 is 22.9 Å². The molecule has 0 aliphatic rings. The third kappa shape index (κ3) is 5.41. The van der Waals surface area contributed by atoms with Crippen molar-refractivity contribution in [1.29, 1.82) is 0 Å². The van der Waals surface area contributed by atoms with Gasteiger partial charge >= 0.3 is 5.97 Å². The van der Waals surface area contributed by atoms with Gasteiger partial charge in [0.2, 0.25) is 0 Å². The molecule has 0 unspecified atom stereocenters. The van der Waals surface area contributed by atoms with Crippen molar-refractivity contribution in [3.63, 3.8) is 0 Å². The van der Waals surface area contributed by atoms with Crippen molar-refractivity contribution in [3.8, 4) is 0 Å². The quantitative estimate of drug-likeness (QED) is 0.623. The molecular formula is C21H23N3O3. The molecule has 6 heteroatoms. The van der Waals surface area contributed by atoms with Crippen molar-refractivity contribution in [2.75, 3.05) is 6.61 Å². The Morgan fingerprint density at radius 1 is 1.11 bits per heavy atom. The molecule has 1 amide bonds. The highest BCUT2D eigenvalue weighted by Crippen LogP contribution is 2.11. The minimum atomic E-state index is -0.467. The molecule has 0 aliphatic carbocycles. The number of aryl methyl sites for hydroxylation is 1. The summed E-state index contributed by atoms with van der Waals surface area (Å²) in [7, 11) is 0. The number of esters is 1. The lowest BCUT2D eigenvalue weighted by molar-refractivity contribution is -0.149. The van der Waals surface area contributed by atoms with Gasteiger partial charge in [0.05, 0.1) is 17.4 Å². The van der Waals surface area contributed by atoms with E-state index >= 15 is 0 Å². The van der Waals surface area contributed by atoms with E-state index in [1.807, 2.05) is 49.4 Å². The fourth-order valence-corrected chi connectivity index (χ4v) is 2.88. The smallest absolute Gasteiger partial charge is 0.326 e. The maximum atomic E-state index is 12.0. The number of nitrogens with one attached hydrogen (secondary N) is 1. The summed E-state index contributed by atoms with van der Waals surface area (Å²) in [4.78, 5) is 28.2. The molecular weight excluding hydrogens is 342 g/mol. The molecule has 3 aromatic rings. The van der Waals surface area contributed by atoms with Crippen molar-refractivity contribution in [2.45, 2.75) is 32.4 Å². The first-order valence-electron chi connectivity index (χ1n) is 9.00. The van der Waals surface area contributed by atoms with Gasteiger partial charge in [0.25, 0.3) is 5.91 Å². The average molecular weight is 365 g/mol. The normalized spacial score (nSPS) is 11.9. The second kappa shape index (κ2) is 8.98. The number of benzene rings is 2. The van der Waals surface area contributed by atoms with Crippen LogP contribution in [-0.4, -0.2) is 34.1 Å². The van der Waals surface area contributed by atoms with E-state index in [2.05, 4.69) is 22.4 Å². The fourth-order valence-electron chi connectivity index (χ4n) is 2.88. The molecule has 1 atom stereocenters. The van der Waals surface area contributed by atoms with Crippen molar-refractivity contribution in [2.24, 2.45) is 0 Å². The maximum Gasteiger partial charge on any atom is 0.326 e. The lowest BCUT2D eigenvalue weighted by atomic mass is 10.1. The molecule has 0 aliphatic heterocycles. The summed E-state index contributed by atoms with van der Waals surface area (Å²) in [5, 5.41) is 2.86. The van der Waals surface area contributed by atoms with Gasteiger partial charge in [-0.05, 0) is 37.5 Å². The summed E-state index contributed by atoms with van der Waals surface area (Å²) in [5.41, 5.74) is 2.90. The number of aromatic nitrogens is 2. The van der Waals surface area contributed by atoms with Gasteiger partial charge in [0, 0.05) is 6.04 Å².